The molecular weight excluding hydrogens is 328 g/mol. The molecule has 0 radical (unpaired) electrons. The summed E-state index contributed by atoms with van der Waals surface area (Å²) in [5.74, 6) is 0.707. The van der Waals surface area contributed by atoms with Gasteiger partial charge in [0.2, 0.25) is 11.8 Å². The summed E-state index contributed by atoms with van der Waals surface area (Å²) in [6.07, 6.45) is 2.82. The number of carbonyl (C=O) groups excluding carboxylic acids is 1. The SMILES string of the molecule is COc1ccc([C@H](NC(=O)C(C)(C)c2ccccc2)C2CC(O)C2)cn1. The Kier molecular flexibility index (Phi) is 5.28. The summed E-state index contributed by atoms with van der Waals surface area (Å²) in [6.45, 7) is 3.85. The molecule has 2 N–H and O–H groups in total. The van der Waals surface area contributed by atoms with Crippen molar-refractivity contribution in [3.8, 4) is 5.88 Å². The maximum atomic E-state index is 13.1. The van der Waals surface area contributed by atoms with Gasteiger partial charge in [0.05, 0.1) is 24.7 Å². The van der Waals surface area contributed by atoms with E-state index >= 15 is 0 Å². The van der Waals surface area contributed by atoms with Crippen LogP contribution in [-0.2, 0) is 10.2 Å². The number of aliphatic hydroxyl groups excluding tert-OH is 1. The second-order valence-corrected chi connectivity index (χ2v) is 7.46. The number of hydrogen-bond acceptors (Lipinski definition) is 4. The van der Waals surface area contributed by atoms with Crippen molar-refractivity contribution in [2.45, 2.75) is 44.2 Å². The van der Waals surface area contributed by atoms with Crippen molar-refractivity contribution >= 4 is 5.91 Å². The minimum Gasteiger partial charge on any atom is -0.481 e. The van der Waals surface area contributed by atoms with Gasteiger partial charge in [0, 0.05) is 12.3 Å². The topological polar surface area (TPSA) is 71.5 Å². The molecular formula is C21H26N2O3. The molecule has 1 atom stereocenters. The molecule has 26 heavy (non-hydrogen) atoms. The van der Waals surface area contributed by atoms with Crippen LogP contribution in [-0.4, -0.2) is 29.2 Å². The Morgan fingerprint density at radius 3 is 2.46 bits per heavy atom. The molecule has 2 aromatic rings. The van der Waals surface area contributed by atoms with Crippen LogP contribution in [0.1, 0.15) is 43.9 Å². The van der Waals surface area contributed by atoms with Crippen molar-refractivity contribution in [3.05, 3.63) is 59.8 Å². The second-order valence-electron chi connectivity index (χ2n) is 7.46. The van der Waals surface area contributed by atoms with Crippen LogP contribution in [0.4, 0.5) is 0 Å². The Morgan fingerprint density at radius 2 is 1.92 bits per heavy atom. The maximum absolute atomic E-state index is 13.1. The number of rotatable bonds is 6. The first-order valence-corrected chi connectivity index (χ1v) is 8.96. The normalized spacial score (nSPS) is 20.8. The predicted octanol–water partition coefficient (Wildman–Crippen LogP) is 3.00. The number of nitrogens with zero attached hydrogens (tertiary/aromatic N) is 1. The highest BCUT2D eigenvalue weighted by Crippen LogP contribution is 2.39. The lowest BCUT2D eigenvalue weighted by molar-refractivity contribution is -0.127. The Labute approximate surface area is 154 Å². The van der Waals surface area contributed by atoms with E-state index in [2.05, 4.69) is 10.3 Å². The standard InChI is InChI=1S/C21H26N2O3/c1-21(2,16-7-5-4-6-8-16)20(25)23-19(15-11-17(24)12-15)14-9-10-18(26-3)22-13-14/h4-10,13,15,17,19,24H,11-12H2,1-3H3,(H,23,25)/t15?,17?,19-/m0/s1. The van der Waals surface area contributed by atoms with Crippen LogP contribution >= 0.6 is 0 Å². The van der Waals surface area contributed by atoms with Gasteiger partial charge in [0.25, 0.3) is 0 Å². The smallest absolute Gasteiger partial charge is 0.230 e. The van der Waals surface area contributed by atoms with Gasteiger partial charge in [-0.05, 0) is 43.7 Å². The number of nitrogens with one attached hydrogen (secondary N) is 1. The highest BCUT2D eigenvalue weighted by Gasteiger charge is 2.38. The fourth-order valence-corrected chi connectivity index (χ4v) is 3.38. The monoisotopic (exact) mass is 354 g/mol. The average Bonchev–Trinajstić information content (AvgIpc) is 2.64. The molecule has 1 heterocycles. The van der Waals surface area contributed by atoms with Gasteiger partial charge < -0.3 is 15.2 Å². The summed E-state index contributed by atoms with van der Waals surface area (Å²) < 4.78 is 5.12. The number of benzene rings is 1. The Morgan fingerprint density at radius 1 is 1.23 bits per heavy atom. The molecule has 1 aromatic carbocycles. The van der Waals surface area contributed by atoms with Gasteiger partial charge in [0.1, 0.15) is 0 Å². The fourth-order valence-electron chi connectivity index (χ4n) is 3.38. The third-order valence-electron chi connectivity index (χ3n) is 5.30. The van der Waals surface area contributed by atoms with Crippen LogP contribution < -0.4 is 10.1 Å². The first kappa shape index (κ1) is 18.4. The molecule has 0 bridgehead atoms. The average molecular weight is 354 g/mol. The molecule has 5 heteroatoms. The molecule has 1 fully saturated rings. The second kappa shape index (κ2) is 7.46. The number of carbonyl (C=O) groups is 1. The van der Waals surface area contributed by atoms with E-state index in [1.807, 2.05) is 50.2 Å². The molecule has 1 aliphatic rings. The summed E-state index contributed by atoms with van der Waals surface area (Å²) >= 11 is 0. The van der Waals surface area contributed by atoms with E-state index < -0.39 is 5.41 Å². The van der Waals surface area contributed by atoms with E-state index in [1.165, 1.54) is 0 Å². The third kappa shape index (κ3) is 3.73. The van der Waals surface area contributed by atoms with E-state index in [0.717, 1.165) is 11.1 Å². The van der Waals surface area contributed by atoms with Gasteiger partial charge in [-0.3, -0.25) is 4.79 Å². The van der Waals surface area contributed by atoms with Gasteiger partial charge in [0.15, 0.2) is 0 Å². The summed E-state index contributed by atoms with van der Waals surface area (Å²) in [5.41, 5.74) is 1.25. The fraction of sp³-hybridized carbons (Fsp3) is 0.429. The van der Waals surface area contributed by atoms with Crippen molar-refractivity contribution < 1.29 is 14.6 Å². The number of methoxy groups -OCH3 is 1. The Bertz CT molecular complexity index is 738. The first-order valence-electron chi connectivity index (χ1n) is 8.96. The van der Waals surface area contributed by atoms with Crippen molar-refractivity contribution in [2.75, 3.05) is 7.11 Å². The molecule has 0 unspecified atom stereocenters. The van der Waals surface area contributed by atoms with Crippen molar-refractivity contribution in [3.63, 3.8) is 0 Å². The zero-order valence-electron chi connectivity index (χ0n) is 15.5. The largest absolute Gasteiger partial charge is 0.481 e. The summed E-state index contributed by atoms with van der Waals surface area (Å²) in [6, 6.07) is 13.3. The maximum Gasteiger partial charge on any atom is 0.230 e. The van der Waals surface area contributed by atoms with Crippen LogP contribution in [0.2, 0.25) is 0 Å². The van der Waals surface area contributed by atoms with Crippen molar-refractivity contribution in [1.82, 2.24) is 10.3 Å². The quantitative estimate of drug-likeness (QED) is 0.836. The Hall–Kier alpha value is -2.40. The molecule has 0 saturated heterocycles. The van der Waals surface area contributed by atoms with Crippen LogP contribution in [0.15, 0.2) is 48.7 Å². The highest BCUT2D eigenvalue weighted by atomic mass is 16.5. The molecule has 0 aliphatic heterocycles. The lowest BCUT2D eigenvalue weighted by Gasteiger charge is -2.39. The Balaban J connectivity index is 1.82. The number of amides is 1. The third-order valence-corrected chi connectivity index (χ3v) is 5.30. The van der Waals surface area contributed by atoms with E-state index in [4.69, 9.17) is 4.74 Å². The van der Waals surface area contributed by atoms with Crippen LogP contribution in [0.3, 0.4) is 0 Å². The summed E-state index contributed by atoms with van der Waals surface area (Å²) in [5, 5.41) is 12.9. The molecule has 1 aromatic heterocycles. The molecule has 1 aliphatic carbocycles. The lowest BCUT2D eigenvalue weighted by atomic mass is 9.74. The number of aliphatic hydroxyl groups is 1. The minimum atomic E-state index is -0.651. The zero-order chi connectivity index (χ0) is 18.7. The number of ether oxygens (including phenoxy) is 1. The molecule has 5 nitrogen and oxygen atoms in total. The van der Waals surface area contributed by atoms with Gasteiger partial charge >= 0.3 is 0 Å². The molecule has 0 spiro atoms. The van der Waals surface area contributed by atoms with Crippen LogP contribution in [0, 0.1) is 5.92 Å². The highest BCUT2D eigenvalue weighted by molar-refractivity contribution is 5.87. The van der Waals surface area contributed by atoms with Gasteiger partial charge in [-0.25, -0.2) is 4.98 Å². The molecule has 3 rings (SSSR count). The number of pyridine rings is 1. The molecule has 138 valence electrons. The van der Waals surface area contributed by atoms with E-state index in [-0.39, 0.29) is 24.0 Å². The zero-order valence-corrected chi connectivity index (χ0v) is 15.5. The van der Waals surface area contributed by atoms with Crippen molar-refractivity contribution in [2.24, 2.45) is 5.92 Å². The van der Waals surface area contributed by atoms with Crippen molar-refractivity contribution in [1.29, 1.82) is 0 Å². The number of aromatic nitrogens is 1. The van der Waals surface area contributed by atoms with Crippen LogP contribution in [0.25, 0.3) is 0 Å². The van der Waals surface area contributed by atoms with Gasteiger partial charge in [-0.15, -0.1) is 0 Å². The van der Waals surface area contributed by atoms with Gasteiger partial charge in [-0.2, -0.15) is 0 Å². The van der Waals surface area contributed by atoms with E-state index in [0.29, 0.717) is 18.7 Å². The van der Waals surface area contributed by atoms with E-state index in [1.54, 1.807) is 19.4 Å². The molecule has 1 saturated carbocycles. The summed E-state index contributed by atoms with van der Waals surface area (Å²) in [4.78, 5) is 17.3. The predicted molar refractivity (Wildman–Crippen MR) is 99.9 cm³/mol. The minimum absolute atomic E-state index is 0.0362. The lowest BCUT2D eigenvalue weighted by Crippen LogP contribution is -2.47. The number of hydrogen-bond donors (Lipinski definition) is 2. The van der Waals surface area contributed by atoms with Crippen LogP contribution in [0.5, 0.6) is 5.88 Å². The summed E-state index contributed by atoms with van der Waals surface area (Å²) in [7, 11) is 1.58. The van der Waals surface area contributed by atoms with E-state index in [9.17, 15) is 9.90 Å². The first-order chi connectivity index (χ1) is 12.4. The molecule has 1 amide bonds. The van der Waals surface area contributed by atoms with Gasteiger partial charge in [-0.1, -0.05) is 36.4 Å².